The number of hydrogen-bond donors (Lipinski definition) is 0. The summed E-state index contributed by atoms with van der Waals surface area (Å²) >= 11 is 0. The van der Waals surface area contributed by atoms with Crippen LogP contribution in [0.4, 0.5) is 0 Å². The third-order valence-corrected chi connectivity index (χ3v) is 14.2. The molecule has 0 aromatic heterocycles. The van der Waals surface area contributed by atoms with Crippen molar-refractivity contribution in [2.45, 2.75) is 84.7 Å². The van der Waals surface area contributed by atoms with Gasteiger partial charge in [0.2, 0.25) is 0 Å². The second-order valence-electron chi connectivity index (χ2n) is 9.63. The van der Waals surface area contributed by atoms with Gasteiger partial charge in [0.15, 0.2) is 0 Å². The molecule has 0 heterocycles. The monoisotopic (exact) mass is 352 g/mol. The first kappa shape index (κ1) is 20.3. The highest BCUT2D eigenvalue weighted by Crippen LogP contribution is 2.44. The van der Waals surface area contributed by atoms with E-state index in [0.29, 0.717) is 0 Å². The Bertz CT molecular complexity index is 549. The van der Waals surface area contributed by atoms with Crippen LogP contribution in [-0.4, -0.2) is 16.6 Å². The van der Waals surface area contributed by atoms with E-state index >= 15 is 0 Å². The summed E-state index contributed by atoms with van der Waals surface area (Å²) < 4.78 is 13.2. The highest BCUT2D eigenvalue weighted by atomic mass is 28.4. The minimum atomic E-state index is -1.89. The van der Waals surface area contributed by atoms with Gasteiger partial charge in [0, 0.05) is 0 Å². The van der Waals surface area contributed by atoms with Crippen molar-refractivity contribution in [1.29, 1.82) is 0 Å². The molecule has 2 nitrogen and oxygen atoms in total. The lowest BCUT2D eigenvalue weighted by molar-refractivity contribution is 0.438. The van der Waals surface area contributed by atoms with Crippen LogP contribution in [-0.2, 0) is 0 Å². The van der Waals surface area contributed by atoms with Crippen LogP contribution >= 0.6 is 0 Å². The molecule has 0 amide bonds. The molecular formula is C19H36O2Si2. The Morgan fingerprint density at radius 2 is 1.17 bits per heavy atom. The zero-order chi connectivity index (χ0) is 18.3. The molecule has 132 valence electrons. The standard InChI is InChI=1S/C19H36O2Si2/c1-15-13-12-14-16(20-22(8,9)18(2,3)4)17(15)21-23(10,11)19(5,6)7/h12-14H,1-11H3. The summed E-state index contributed by atoms with van der Waals surface area (Å²) in [6.07, 6.45) is 0. The van der Waals surface area contributed by atoms with E-state index in [-0.39, 0.29) is 10.1 Å². The van der Waals surface area contributed by atoms with Crippen LogP contribution in [0.5, 0.6) is 11.5 Å². The summed E-state index contributed by atoms with van der Waals surface area (Å²) in [6, 6.07) is 6.24. The maximum absolute atomic E-state index is 6.62. The van der Waals surface area contributed by atoms with E-state index in [1.54, 1.807) is 0 Å². The molecule has 0 unspecified atom stereocenters. The van der Waals surface area contributed by atoms with E-state index in [1.807, 2.05) is 0 Å². The topological polar surface area (TPSA) is 18.5 Å². The van der Waals surface area contributed by atoms with Gasteiger partial charge in [-0.15, -0.1) is 0 Å². The molecule has 0 radical (unpaired) electrons. The van der Waals surface area contributed by atoms with Gasteiger partial charge in [0.05, 0.1) is 0 Å². The van der Waals surface area contributed by atoms with Gasteiger partial charge in [-0.2, -0.15) is 0 Å². The highest BCUT2D eigenvalue weighted by molar-refractivity contribution is 6.75. The van der Waals surface area contributed by atoms with Crippen molar-refractivity contribution < 1.29 is 8.85 Å². The third-order valence-electron chi connectivity index (χ3n) is 5.51. The van der Waals surface area contributed by atoms with Gasteiger partial charge in [-0.25, -0.2) is 0 Å². The van der Waals surface area contributed by atoms with Crippen LogP contribution in [0, 0.1) is 6.92 Å². The first-order valence-electron chi connectivity index (χ1n) is 8.56. The Balaban J connectivity index is 3.26. The zero-order valence-electron chi connectivity index (χ0n) is 17.0. The molecule has 0 saturated heterocycles. The van der Waals surface area contributed by atoms with E-state index in [9.17, 15) is 0 Å². The summed E-state index contributed by atoms with van der Waals surface area (Å²) in [7, 11) is -3.78. The number of benzene rings is 1. The highest BCUT2D eigenvalue weighted by Gasteiger charge is 2.42. The van der Waals surface area contributed by atoms with Crippen molar-refractivity contribution in [3.05, 3.63) is 23.8 Å². The Labute approximate surface area is 145 Å². The normalized spacial score (nSPS) is 13.9. The number of hydrogen-bond acceptors (Lipinski definition) is 2. The van der Waals surface area contributed by atoms with Gasteiger partial charge < -0.3 is 8.85 Å². The van der Waals surface area contributed by atoms with Crippen LogP contribution in [0.2, 0.25) is 36.3 Å². The number of para-hydroxylation sites is 1. The predicted molar refractivity (Wildman–Crippen MR) is 107 cm³/mol. The van der Waals surface area contributed by atoms with Crippen molar-refractivity contribution in [3.8, 4) is 11.5 Å². The van der Waals surface area contributed by atoms with Gasteiger partial charge in [-0.3, -0.25) is 0 Å². The molecule has 0 atom stereocenters. The Morgan fingerprint density at radius 1 is 0.739 bits per heavy atom. The SMILES string of the molecule is Cc1cccc(O[Si](C)(C)C(C)(C)C)c1O[Si](C)(C)C(C)(C)C. The minimum Gasteiger partial charge on any atom is -0.541 e. The Hall–Kier alpha value is -0.746. The van der Waals surface area contributed by atoms with Gasteiger partial charge in [0.25, 0.3) is 16.6 Å². The summed E-state index contributed by atoms with van der Waals surface area (Å²) in [6.45, 7) is 24.9. The van der Waals surface area contributed by atoms with Crippen LogP contribution in [0.15, 0.2) is 18.2 Å². The third kappa shape index (κ3) is 4.63. The zero-order valence-corrected chi connectivity index (χ0v) is 19.0. The van der Waals surface area contributed by atoms with Crippen LogP contribution in [0.1, 0.15) is 47.1 Å². The molecule has 0 fully saturated rings. The summed E-state index contributed by atoms with van der Waals surface area (Å²) in [5.74, 6) is 1.87. The molecule has 0 aliphatic carbocycles. The second-order valence-corrected chi connectivity index (χ2v) is 19.1. The maximum Gasteiger partial charge on any atom is 0.250 e. The van der Waals surface area contributed by atoms with Gasteiger partial charge >= 0.3 is 0 Å². The van der Waals surface area contributed by atoms with E-state index in [2.05, 4.69) is 92.9 Å². The predicted octanol–water partition coefficient (Wildman–Crippen LogP) is 6.76. The first-order chi connectivity index (χ1) is 10.1. The second kappa shape index (κ2) is 6.28. The molecule has 0 spiro atoms. The molecule has 0 aliphatic rings. The van der Waals surface area contributed by atoms with Crippen molar-refractivity contribution >= 4 is 16.6 Å². The van der Waals surface area contributed by atoms with Crippen molar-refractivity contribution in [1.82, 2.24) is 0 Å². The van der Waals surface area contributed by atoms with E-state index < -0.39 is 16.6 Å². The minimum absolute atomic E-state index is 0.170. The molecule has 0 bridgehead atoms. The van der Waals surface area contributed by atoms with Gasteiger partial charge in [0.1, 0.15) is 11.5 Å². The molecule has 0 saturated carbocycles. The molecule has 0 aliphatic heterocycles. The van der Waals surface area contributed by atoms with Crippen LogP contribution in [0.25, 0.3) is 0 Å². The average Bonchev–Trinajstić information content (AvgIpc) is 2.30. The van der Waals surface area contributed by atoms with Crippen molar-refractivity contribution in [2.24, 2.45) is 0 Å². The lowest BCUT2D eigenvalue weighted by Crippen LogP contribution is -2.46. The fraction of sp³-hybridized carbons (Fsp3) is 0.684. The quantitative estimate of drug-likeness (QED) is 0.557. The number of rotatable bonds is 4. The van der Waals surface area contributed by atoms with Crippen LogP contribution in [0.3, 0.4) is 0 Å². The fourth-order valence-electron chi connectivity index (χ4n) is 1.67. The lowest BCUT2D eigenvalue weighted by atomic mass is 10.2. The molecule has 4 heteroatoms. The smallest absolute Gasteiger partial charge is 0.250 e. The molecule has 1 rings (SSSR count). The Morgan fingerprint density at radius 3 is 1.61 bits per heavy atom. The molecule has 1 aromatic rings. The molecule has 1 aromatic carbocycles. The summed E-state index contributed by atoms with van der Waals surface area (Å²) in [5, 5.41) is 0.342. The number of aryl methyl sites for hydroxylation is 1. The first-order valence-corrected chi connectivity index (χ1v) is 14.4. The fourth-order valence-corrected chi connectivity index (χ4v) is 3.77. The van der Waals surface area contributed by atoms with Crippen molar-refractivity contribution in [2.75, 3.05) is 0 Å². The van der Waals surface area contributed by atoms with Gasteiger partial charge in [-0.05, 0) is 54.8 Å². The van der Waals surface area contributed by atoms with E-state index in [1.165, 1.54) is 0 Å². The van der Waals surface area contributed by atoms with E-state index in [4.69, 9.17) is 8.85 Å². The van der Waals surface area contributed by atoms with Gasteiger partial charge in [-0.1, -0.05) is 53.7 Å². The summed E-state index contributed by atoms with van der Waals surface area (Å²) in [4.78, 5) is 0. The van der Waals surface area contributed by atoms with Crippen molar-refractivity contribution in [3.63, 3.8) is 0 Å². The average molecular weight is 353 g/mol. The maximum atomic E-state index is 6.62. The largest absolute Gasteiger partial charge is 0.541 e. The van der Waals surface area contributed by atoms with Crippen LogP contribution < -0.4 is 8.85 Å². The molecule has 0 N–H and O–H groups in total. The molecular weight excluding hydrogens is 316 g/mol. The lowest BCUT2D eigenvalue weighted by Gasteiger charge is -2.40. The van der Waals surface area contributed by atoms with E-state index in [0.717, 1.165) is 17.1 Å². The molecule has 23 heavy (non-hydrogen) atoms. The summed E-state index contributed by atoms with van der Waals surface area (Å²) in [5.41, 5.74) is 1.16. The Kier molecular flexibility index (Phi) is 5.54.